The van der Waals surface area contributed by atoms with Gasteiger partial charge < -0.3 is 5.32 Å². The number of pyridine rings is 1. The summed E-state index contributed by atoms with van der Waals surface area (Å²) in [6.07, 6.45) is 4.85. The Balaban J connectivity index is 0.00000264. The van der Waals surface area contributed by atoms with Crippen LogP contribution in [0.3, 0.4) is 0 Å². The number of benzene rings is 4. The van der Waals surface area contributed by atoms with Crippen LogP contribution in [0.4, 0.5) is 5.69 Å². The molecule has 4 heteroatoms. The molecule has 0 unspecified atom stereocenters. The predicted molar refractivity (Wildman–Crippen MR) is 163 cm³/mol. The summed E-state index contributed by atoms with van der Waals surface area (Å²) in [6.45, 7) is 0.922. The first-order valence-corrected chi connectivity index (χ1v) is 13.8. The second-order valence-corrected chi connectivity index (χ2v) is 10.7. The average Bonchev–Trinajstić information content (AvgIpc) is 3.47. The van der Waals surface area contributed by atoms with Gasteiger partial charge in [-0.3, -0.25) is 4.98 Å². The Bertz CT molecular complexity index is 1660. The largest absolute Gasteiger partial charge is 0.385 e. The molecule has 0 aliphatic heterocycles. The lowest BCUT2D eigenvalue weighted by Crippen LogP contribution is -2.06. The zero-order valence-corrected chi connectivity index (χ0v) is 22.8. The fourth-order valence-corrected chi connectivity index (χ4v) is 6.37. The van der Waals surface area contributed by atoms with Gasteiger partial charge in [0.15, 0.2) is 0 Å². The maximum atomic E-state index is 6.20. The number of anilines is 1. The number of aryl methyl sites for hydroxylation is 2. The zero-order valence-electron chi connectivity index (χ0n) is 21.3. The monoisotopic (exact) mass is 536 g/mol. The number of hydrogen-bond acceptors (Lipinski definition) is 2. The molecule has 7 rings (SSSR count). The standard InChI is InChI=1S/C34H29ClN2.ClH/c35-14-13-24-18-27-20-32-26(17-23-7-2-4-9-30(23)32)21-34(27)37-33(24)10-5-15-36-28-11-12-31-25(19-28)16-22-6-1-3-8-29(22)31;/h1-4,6-9,11-12,18-21,36H,5,10,13-17H2;1H. The summed E-state index contributed by atoms with van der Waals surface area (Å²) in [7, 11) is 0. The highest BCUT2D eigenvalue weighted by molar-refractivity contribution is 6.18. The van der Waals surface area contributed by atoms with Crippen molar-refractivity contribution in [1.29, 1.82) is 0 Å². The highest BCUT2D eigenvalue weighted by Crippen LogP contribution is 2.39. The third-order valence-corrected chi connectivity index (χ3v) is 8.16. The maximum absolute atomic E-state index is 6.20. The van der Waals surface area contributed by atoms with E-state index in [0.717, 1.165) is 44.2 Å². The van der Waals surface area contributed by atoms with Crippen molar-refractivity contribution in [2.45, 2.75) is 32.1 Å². The maximum Gasteiger partial charge on any atom is 0.0708 e. The van der Waals surface area contributed by atoms with Crippen molar-refractivity contribution in [3.8, 4) is 22.3 Å². The Morgan fingerprint density at radius 1 is 0.684 bits per heavy atom. The van der Waals surface area contributed by atoms with Crippen molar-refractivity contribution < 1.29 is 0 Å². The van der Waals surface area contributed by atoms with Crippen molar-refractivity contribution >= 4 is 40.6 Å². The van der Waals surface area contributed by atoms with Crippen LogP contribution in [0.1, 0.15) is 39.9 Å². The first kappa shape index (κ1) is 25.0. The van der Waals surface area contributed by atoms with E-state index in [9.17, 15) is 0 Å². The van der Waals surface area contributed by atoms with Gasteiger partial charge in [0.05, 0.1) is 5.52 Å². The smallest absolute Gasteiger partial charge is 0.0708 e. The summed E-state index contributed by atoms with van der Waals surface area (Å²) >= 11 is 6.20. The minimum absolute atomic E-state index is 0. The fourth-order valence-electron chi connectivity index (χ4n) is 6.17. The van der Waals surface area contributed by atoms with Crippen molar-refractivity contribution in [3.05, 3.63) is 118 Å². The van der Waals surface area contributed by atoms with E-state index in [4.69, 9.17) is 16.6 Å². The van der Waals surface area contributed by atoms with Crippen LogP contribution in [0.2, 0.25) is 0 Å². The number of rotatable bonds is 7. The molecule has 0 amide bonds. The third kappa shape index (κ3) is 4.46. The van der Waals surface area contributed by atoms with Crippen LogP contribution in [0.15, 0.2) is 84.9 Å². The highest BCUT2D eigenvalue weighted by atomic mass is 35.5. The van der Waals surface area contributed by atoms with E-state index in [2.05, 4.69) is 90.2 Å². The van der Waals surface area contributed by atoms with Gasteiger partial charge in [-0.05, 0) is 113 Å². The molecule has 38 heavy (non-hydrogen) atoms. The number of fused-ring (bicyclic) bond motifs is 7. The van der Waals surface area contributed by atoms with E-state index in [-0.39, 0.29) is 12.4 Å². The minimum Gasteiger partial charge on any atom is -0.385 e. The first-order chi connectivity index (χ1) is 18.3. The Morgan fingerprint density at radius 3 is 2.13 bits per heavy atom. The van der Waals surface area contributed by atoms with Gasteiger partial charge in [0, 0.05) is 29.2 Å². The molecule has 0 bridgehead atoms. The molecule has 0 fully saturated rings. The number of alkyl halides is 1. The number of halogens is 2. The van der Waals surface area contributed by atoms with Crippen molar-refractivity contribution in [3.63, 3.8) is 0 Å². The van der Waals surface area contributed by atoms with Gasteiger partial charge in [-0.15, -0.1) is 24.0 Å². The Labute approximate surface area is 235 Å². The van der Waals surface area contributed by atoms with Crippen LogP contribution in [0.25, 0.3) is 33.2 Å². The molecule has 0 spiro atoms. The molecule has 0 saturated carbocycles. The van der Waals surface area contributed by atoms with Crippen molar-refractivity contribution in [1.82, 2.24) is 4.98 Å². The molecule has 0 radical (unpaired) electrons. The molecule has 1 aromatic heterocycles. The van der Waals surface area contributed by atoms with Crippen LogP contribution in [0.5, 0.6) is 0 Å². The average molecular weight is 538 g/mol. The molecule has 1 heterocycles. The van der Waals surface area contributed by atoms with Crippen molar-refractivity contribution in [2.24, 2.45) is 0 Å². The number of nitrogens with one attached hydrogen (secondary N) is 1. The second-order valence-electron chi connectivity index (χ2n) is 10.3. The van der Waals surface area contributed by atoms with Crippen LogP contribution in [-0.2, 0) is 25.7 Å². The highest BCUT2D eigenvalue weighted by Gasteiger charge is 2.20. The van der Waals surface area contributed by atoms with Gasteiger partial charge in [-0.1, -0.05) is 54.6 Å². The molecule has 2 aliphatic carbocycles. The van der Waals surface area contributed by atoms with E-state index in [1.807, 2.05) is 0 Å². The van der Waals surface area contributed by atoms with Crippen LogP contribution in [0, 0.1) is 0 Å². The third-order valence-electron chi connectivity index (χ3n) is 7.97. The van der Waals surface area contributed by atoms with Gasteiger partial charge in [0.2, 0.25) is 0 Å². The van der Waals surface area contributed by atoms with Gasteiger partial charge in [-0.25, -0.2) is 0 Å². The van der Waals surface area contributed by atoms with Crippen molar-refractivity contribution in [2.75, 3.05) is 17.7 Å². The summed E-state index contributed by atoms with van der Waals surface area (Å²) in [5.74, 6) is 0.615. The lowest BCUT2D eigenvalue weighted by Gasteiger charge is -2.13. The minimum atomic E-state index is 0. The summed E-state index contributed by atoms with van der Waals surface area (Å²) in [5, 5.41) is 4.87. The normalized spacial score (nSPS) is 12.4. The summed E-state index contributed by atoms with van der Waals surface area (Å²) < 4.78 is 0. The molecule has 190 valence electrons. The fraction of sp³-hybridized carbons (Fsp3) is 0.206. The number of hydrogen-bond donors (Lipinski definition) is 1. The predicted octanol–water partition coefficient (Wildman–Crippen LogP) is 8.63. The SMILES string of the molecule is Cl.ClCCc1cc2cc3c(cc2nc1CCCNc1ccc2c(c1)Cc1ccccc1-2)Cc1ccccc1-3. The molecule has 1 N–H and O–H groups in total. The van der Waals surface area contributed by atoms with Crippen LogP contribution in [-0.4, -0.2) is 17.4 Å². The second kappa shape index (κ2) is 10.4. The number of aromatic nitrogens is 1. The molecule has 5 aromatic rings. The topological polar surface area (TPSA) is 24.9 Å². The molecule has 0 saturated heterocycles. The Hall–Kier alpha value is -3.33. The zero-order chi connectivity index (χ0) is 24.8. The summed E-state index contributed by atoms with van der Waals surface area (Å²) in [5.41, 5.74) is 15.9. The van der Waals surface area contributed by atoms with Gasteiger partial charge in [0.25, 0.3) is 0 Å². The van der Waals surface area contributed by atoms with Crippen LogP contribution >= 0.6 is 24.0 Å². The first-order valence-electron chi connectivity index (χ1n) is 13.3. The van der Waals surface area contributed by atoms with Gasteiger partial charge in [-0.2, -0.15) is 0 Å². The van der Waals surface area contributed by atoms with Crippen LogP contribution < -0.4 is 5.32 Å². The van der Waals surface area contributed by atoms with E-state index in [0.29, 0.717) is 5.88 Å². The van der Waals surface area contributed by atoms with E-state index in [1.54, 1.807) is 0 Å². The summed E-state index contributed by atoms with van der Waals surface area (Å²) in [4.78, 5) is 5.16. The lowest BCUT2D eigenvalue weighted by atomic mass is 9.99. The summed E-state index contributed by atoms with van der Waals surface area (Å²) in [6, 6.07) is 31.2. The lowest BCUT2D eigenvalue weighted by molar-refractivity contribution is 0.825. The van der Waals surface area contributed by atoms with Gasteiger partial charge >= 0.3 is 0 Å². The molecule has 4 aromatic carbocycles. The molecule has 2 aliphatic rings. The molecular weight excluding hydrogens is 507 g/mol. The quantitative estimate of drug-likeness (QED) is 0.163. The van der Waals surface area contributed by atoms with E-state index < -0.39 is 0 Å². The molecule has 0 atom stereocenters. The van der Waals surface area contributed by atoms with Gasteiger partial charge in [0.1, 0.15) is 0 Å². The van der Waals surface area contributed by atoms with E-state index in [1.165, 1.54) is 66.8 Å². The molecule has 2 nitrogen and oxygen atoms in total. The Kier molecular flexibility index (Phi) is 6.86. The Morgan fingerprint density at radius 2 is 1.37 bits per heavy atom. The van der Waals surface area contributed by atoms with E-state index >= 15 is 0 Å². The number of nitrogens with zero attached hydrogens (tertiary/aromatic N) is 1. The molecular formula is C34H30Cl2N2.